The first-order valence-electron chi connectivity index (χ1n) is 4.05. The van der Waals surface area contributed by atoms with Gasteiger partial charge in [0.15, 0.2) is 0 Å². The van der Waals surface area contributed by atoms with E-state index < -0.39 is 4.09 Å². The fourth-order valence-electron chi connectivity index (χ4n) is 1.36. The molecule has 0 amide bonds. The summed E-state index contributed by atoms with van der Waals surface area (Å²) >= 11 is -0.0532. The second-order valence-electron chi connectivity index (χ2n) is 2.71. The summed E-state index contributed by atoms with van der Waals surface area (Å²) < 4.78 is 2.05. The summed E-state index contributed by atoms with van der Waals surface area (Å²) in [6.07, 6.45) is 0. The summed E-state index contributed by atoms with van der Waals surface area (Å²) in [6, 6.07) is 4.70. The monoisotopic (exact) mass is 219 g/mol. The van der Waals surface area contributed by atoms with Gasteiger partial charge >= 0.3 is 75.0 Å². The second-order valence-corrected chi connectivity index (χ2v) is 21.4. The Morgan fingerprint density at radius 1 is 1.00 bits per heavy atom. The molecule has 0 aromatic carbocycles. The van der Waals surface area contributed by atoms with Crippen molar-refractivity contribution in [2.24, 2.45) is 0 Å². The molecule has 0 fully saturated rings. The fourth-order valence-corrected chi connectivity index (χ4v) is 13.1. The van der Waals surface area contributed by atoms with Crippen LogP contribution in [-0.2, 0) is 28.2 Å². The summed E-state index contributed by atoms with van der Waals surface area (Å²) in [5.74, 6) is 0. The quantitative estimate of drug-likeness (QED) is 0.637. The maximum absolute atomic E-state index is 2.55. The summed E-state index contributed by atoms with van der Waals surface area (Å²) in [4.78, 5) is 0. The van der Waals surface area contributed by atoms with Crippen molar-refractivity contribution in [1.82, 2.24) is 0 Å². The van der Waals surface area contributed by atoms with Crippen molar-refractivity contribution in [2.45, 2.75) is 42.6 Å². The third-order valence-corrected chi connectivity index (χ3v) is 26.2. The van der Waals surface area contributed by atoms with Crippen molar-refractivity contribution < 1.29 is 28.2 Å². The van der Waals surface area contributed by atoms with E-state index in [0.717, 1.165) is 0 Å². The van der Waals surface area contributed by atoms with E-state index in [1.807, 2.05) is 0 Å². The van der Waals surface area contributed by atoms with Crippen LogP contribution in [0, 0.1) is 0 Å². The van der Waals surface area contributed by atoms with Crippen molar-refractivity contribution in [1.29, 1.82) is 0 Å². The van der Waals surface area contributed by atoms with Gasteiger partial charge in [0.05, 0.1) is 0 Å². The van der Waals surface area contributed by atoms with Crippen LogP contribution in [0.1, 0.15) is 20.8 Å². The van der Waals surface area contributed by atoms with E-state index in [9.17, 15) is 0 Å². The van der Waals surface area contributed by atoms with E-state index >= 15 is 0 Å². The van der Waals surface area contributed by atoms with Crippen LogP contribution >= 0.6 is 0 Å². The van der Waals surface area contributed by atoms with Crippen molar-refractivity contribution in [3.63, 3.8) is 0 Å². The van der Waals surface area contributed by atoms with Crippen LogP contribution in [0.5, 0.6) is 0 Å². The third kappa shape index (κ3) is 2.82. The molecule has 0 unspecified atom stereocenters. The van der Waals surface area contributed by atoms with Gasteiger partial charge in [0.2, 0.25) is 0 Å². The molecular formula is C7H18SiY. The van der Waals surface area contributed by atoms with Gasteiger partial charge in [-0.05, 0) is 0 Å². The molecule has 0 spiro atoms. The molecule has 0 atom stereocenters. The molecule has 0 aliphatic heterocycles. The predicted molar refractivity (Wildman–Crippen MR) is 43.1 cm³/mol. The molecule has 9 heavy (non-hydrogen) atoms. The molecule has 0 aliphatic rings. The van der Waals surface area contributed by atoms with Gasteiger partial charge in [-0.15, -0.1) is 0 Å². The van der Waals surface area contributed by atoms with Gasteiger partial charge in [0, 0.05) is 0 Å². The van der Waals surface area contributed by atoms with E-state index in [1.54, 1.807) is 18.1 Å². The fraction of sp³-hybridized carbons (Fsp3) is 1.00. The zero-order valence-electron chi connectivity index (χ0n) is 7.20. The molecule has 0 heterocycles. The second kappa shape index (κ2) is 5.04. The van der Waals surface area contributed by atoms with E-state index in [2.05, 4.69) is 24.5 Å². The molecule has 0 bridgehead atoms. The maximum atomic E-state index is 2.55. The van der Waals surface area contributed by atoms with Gasteiger partial charge in [-0.25, -0.2) is 0 Å². The molecule has 53 valence electrons. The third-order valence-electron chi connectivity index (χ3n) is 2.72. The summed E-state index contributed by atoms with van der Waals surface area (Å²) in [6.45, 7) is 7.23. The number of hydrogen-bond acceptors (Lipinski definition) is 0. The van der Waals surface area contributed by atoms with E-state index in [1.165, 1.54) is 0 Å². The Morgan fingerprint density at radius 2 is 1.33 bits per heavy atom. The Morgan fingerprint density at radius 3 is 1.33 bits per heavy atom. The molecular weight excluding hydrogens is 201 g/mol. The minimum atomic E-state index is -0.501. The molecule has 0 nitrogen and oxygen atoms in total. The van der Waals surface area contributed by atoms with E-state index in [4.69, 9.17) is 0 Å². The topological polar surface area (TPSA) is 0 Å². The molecule has 0 aromatic rings. The SMILES string of the molecule is CC[Si](CC)(CC)[Y][CH3]. The summed E-state index contributed by atoms with van der Waals surface area (Å²) in [5.41, 5.74) is 0. The standard InChI is InChI=1S/C6H15Si.CH3.Y/c1-4-7(5-2)6-3;;/h4-6H2,1-3H3;1H3;. The van der Waals surface area contributed by atoms with Crippen LogP contribution in [0.3, 0.4) is 0 Å². The normalized spacial score (nSPS) is 11.1. The number of rotatable bonds is 4. The first-order valence-corrected chi connectivity index (χ1v) is 13.8. The first kappa shape index (κ1) is 10.3. The average Bonchev–Trinajstić information content (AvgIpc) is 1.95. The Balaban J connectivity index is 3.82. The Bertz CT molecular complexity index is 51.8. The zero-order valence-corrected chi connectivity index (χ0v) is 11.0. The number of hydrogen-bond donors (Lipinski definition) is 0. The van der Waals surface area contributed by atoms with E-state index in [0.29, 0.717) is 0 Å². The first-order chi connectivity index (χ1) is 4.24. The molecule has 0 aromatic heterocycles. The van der Waals surface area contributed by atoms with Gasteiger partial charge in [0.25, 0.3) is 0 Å². The van der Waals surface area contributed by atoms with Crippen LogP contribution in [0.2, 0.25) is 21.9 Å². The molecule has 0 saturated carbocycles. The van der Waals surface area contributed by atoms with Gasteiger partial charge in [-0.3, -0.25) is 0 Å². The van der Waals surface area contributed by atoms with Crippen LogP contribution in [0.15, 0.2) is 0 Å². The Hall–Kier alpha value is 1.32. The molecule has 0 rings (SSSR count). The average molecular weight is 219 g/mol. The van der Waals surface area contributed by atoms with Crippen LogP contribution in [0.4, 0.5) is 0 Å². The van der Waals surface area contributed by atoms with Gasteiger partial charge < -0.3 is 0 Å². The summed E-state index contributed by atoms with van der Waals surface area (Å²) in [7, 11) is 0. The van der Waals surface area contributed by atoms with Gasteiger partial charge in [-0.1, -0.05) is 0 Å². The Labute approximate surface area is 74.4 Å². The van der Waals surface area contributed by atoms with Gasteiger partial charge in [-0.2, -0.15) is 0 Å². The van der Waals surface area contributed by atoms with Crippen LogP contribution < -0.4 is 0 Å². The molecule has 0 aliphatic carbocycles. The molecule has 0 saturated heterocycles. The van der Waals surface area contributed by atoms with Crippen LogP contribution in [0.25, 0.3) is 0 Å². The van der Waals surface area contributed by atoms with Crippen LogP contribution in [-0.4, -0.2) is 4.09 Å². The molecule has 2 heteroatoms. The Kier molecular flexibility index (Phi) is 5.77. The summed E-state index contributed by atoms with van der Waals surface area (Å²) in [5, 5.41) is 0. The van der Waals surface area contributed by atoms with Crippen molar-refractivity contribution >= 4 is 4.09 Å². The van der Waals surface area contributed by atoms with Crippen molar-refractivity contribution in [3.05, 3.63) is 0 Å². The van der Waals surface area contributed by atoms with Crippen molar-refractivity contribution in [3.8, 4) is 0 Å². The zero-order chi connectivity index (χ0) is 7.33. The molecule has 0 N–H and O–H groups in total. The molecule has 0 radical (unpaired) electrons. The predicted octanol–water partition coefficient (Wildman–Crippen LogP) is 3.12. The van der Waals surface area contributed by atoms with E-state index in [-0.39, 0.29) is 28.2 Å². The van der Waals surface area contributed by atoms with Crippen molar-refractivity contribution in [2.75, 3.05) is 0 Å². The van der Waals surface area contributed by atoms with Gasteiger partial charge in [0.1, 0.15) is 0 Å². The minimum absolute atomic E-state index is 0.0532.